The smallest absolute Gasteiger partial charge is 0.337 e. The molecular formula is C29H27NO6. The lowest BCUT2D eigenvalue weighted by atomic mass is 9.93. The molecule has 36 heavy (non-hydrogen) atoms. The number of esters is 1. The number of anilines is 1. The Labute approximate surface area is 209 Å². The molecule has 0 saturated carbocycles. The molecule has 1 amide bonds. The zero-order valence-corrected chi connectivity index (χ0v) is 20.6. The summed E-state index contributed by atoms with van der Waals surface area (Å²) in [6, 6.07) is 18.2. The van der Waals surface area contributed by atoms with Crippen molar-refractivity contribution < 1.29 is 29.0 Å². The molecule has 0 radical (unpaired) electrons. The molecule has 0 bridgehead atoms. The minimum Gasteiger partial charge on any atom is -0.507 e. The van der Waals surface area contributed by atoms with Gasteiger partial charge in [-0.2, -0.15) is 0 Å². The molecule has 3 aromatic carbocycles. The minimum absolute atomic E-state index is 0.0587. The van der Waals surface area contributed by atoms with Crippen LogP contribution in [0.25, 0.3) is 5.76 Å². The number of carbonyl (C=O) groups is 3. The van der Waals surface area contributed by atoms with E-state index in [0.717, 1.165) is 17.5 Å². The summed E-state index contributed by atoms with van der Waals surface area (Å²) in [5.41, 5.74) is 3.40. The van der Waals surface area contributed by atoms with E-state index in [2.05, 4.69) is 0 Å². The molecule has 7 heteroatoms. The molecule has 1 N–H and O–H groups in total. The number of benzene rings is 3. The van der Waals surface area contributed by atoms with Gasteiger partial charge in [0.2, 0.25) is 0 Å². The van der Waals surface area contributed by atoms with E-state index < -0.39 is 23.7 Å². The van der Waals surface area contributed by atoms with Crippen LogP contribution in [-0.4, -0.2) is 37.0 Å². The minimum atomic E-state index is -0.922. The first-order valence-electron chi connectivity index (χ1n) is 11.5. The van der Waals surface area contributed by atoms with Gasteiger partial charge in [0.05, 0.1) is 37.0 Å². The monoisotopic (exact) mass is 485 g/mol. The Morgan fingerprint density at radius 1 is 1.00 bits per heavy atom. The van der Waals surface area contributed by atoms with Crippen molar-refractivity contribution >= 4 is 29.1 Å². The first-order chi connectivity index (χ1) is 17.3. The Bertz CT molecular complexity index is 1370. The van der Waals surface area contributed by atoms with Gasteiger partial charge in [0, 0.05) is 5.69 Å². The molecule has 0 aliphatic carbocycles. The second-order valence-electron chi connectivity index (χ2n) is 8.51. The zero-order valence-electron chi connectivity index (χ0n) is 20.6. The SMILES string of the molecule is CCc1ccc(C2/C(=C(\O)c3cc(C)ccc3OC)C(=O)C(=O)N2c2cccc(C(=O)OC)c2)cc1. The molecule has 1 aliphatic heterocycles. The maximum Gasteiger partial charge on any atom is 0.337 e. The maximum absolute atomic E-state index is 13.4. The van der Waals surface area contributed by atoms with Gasteiger partial charge in [-0.3, -0.25) is 14.5 Å². The second-order valence-corrected chi connectivity index (χ2v) is 8.51. The lowest BCUT2D eigenvalue weighted by molar-refractivity contribution is -0.132. The Balaban J connectivity index is 1.97. The number of hydrogen-bond donors (Lipinski definition) is 1. The highest BCUT2D eigenvalue weighted by Gasteiger charge is 2.47. The lowest BCUT2D eigenvalue weighted by Crippen LogP contribution is -2.29. The van der Waals surface area contributed by atoms with Crippen molar-refractivity contribution in [3.8, 4) is 5.75 Å². The summed E-state index contributed by atoms with van der Waals surface area (Å²) in [7, 11) is 2.74. The molecule has 0 aromatic heterocycles. The van der Waals surface area contributed by atoms with Gasteiger partial charge in [-0.1, -0.05) is 48.9 Å². The third-order valence-electron chi connectivity index (χ3n) is 6.30. The van der Waals surface area contributed by atoms with E-state index >= 15 is 0 Å². The third kappa shape index (κ3) is 4.35. The molecule has 0 spiro atoms. The number of aryl methyl sites for hydroxylation is 2. The van der Waals surface area contributed by atoms with E-state index in [4.69, 9.17) is 9.47 Å². The summed E-state index contributed by atoms with van der Waals surface area (Å²) in [6.07, 6.45) is 0.822. The summed E-state index contributed by atoms with van der Waals surface area (Å²) >= 11 is 0. The number of aliphatic hydroxyl groups is 1. The Morgan fingerprint density at radius 2 is 1.72 bits per heavy atom. The number of amides is 1. The first kappa shape index (κ1) is 24.7. The standard InChI is InChI=1S/C29H27NO6/c1-5-18-10-12-19(13-11-18)25-24(26(31)22-15-17(2)9-14-23(22)35-3)27(32)28(33)30(25)21-8-6-7-20(16-21)29(34)36-4/h6-16,25,31H,5H2,1-4H3/b26-24+. The van der Waals surface area contributed by atoms with Crippen LogP contribution < -0.4 is 9.64 Å². The van der Waals surface area contributed by atoms with Crippen molar-refractivity contribution in [2.45, 2.75) is 26.3 Å². The fraction of sp³-hybridized carbons (Fsp3) is 0.207. The van der Waals surface area contributed by atoms with Gasteiger partial charge in [0.15, 0.2) is 0 Å². The molecule has 1 aliphatic rings. The van der Waals surface area contributed by atoms with Crippen molar-refractivity contribution in [2.24, 2.45) is 0 Å². The van der Waals surface area contributed by atoms with Crippen molar-refractivity contribution in [3.63, 3.8) is 0 Å². The first-order valence-corrected chi connectivity index (χ1v) is 11.5. The van der Waals surface area contributed by atoms with Crippen LogP contribution in [0.4, 0.5) is 5.69 Å². The number of aliphatic hydroxyl groups excluding tert-OH is 1. The molecule has 3 aromatic rings. The zero-order chi connectivity index (χ0) is 26.0. The molecule has 1 fully saturated rings. The molecule has 1 unspecified atom stereocenters. The average molecular weight is 486 g/mol. The van der Waals surface area contributed by atoms with E-state index in [9.17, 15) is 19.5 Å². The lowest BCUT2D eigenvalue weighted by Gasteiger charge is -2.26. The van der Waals surface area contributed by atoms with Crippen LogP contribution in [0.15, 0.2) is 72.3 Å². The highest BCUT2D eigenvalue weighted by Crippen LogP contribution is 2.43. The topological polar surface area (TPSA) is 93.1 Å². The van der Waals surface area contributed by atoms with Gasteiger partial charge in [0.1, 0.15) is 11.5 Å². The van der Waals surface area contributed by atoms with Crippen molar-refractivity contribution in [3.05, 3.63) is 100 Å². The number of nitrogens with zero attached hydrogens (tertiary/aromatic N) is 1. The van der Waals surface area contributed by atoms with E-state index in [-0.39, 0.29) is 16.9 Å². The second kappa shape index (κ2) is 10.1. The molecule has 4 rings (SSSR count). The van der Waals surface area contributed by atoms with Crippen LogP contribution in [0.1, 0.15) is 45.6 Å². The van der Waals surface area contributed by atoms with Crippen LogP contribution in [0.3, 0.4) is 0 Å². The average Bonchev–Trinajstić information content (AvgIpc) is 3.17. The van der Waals surface area contributed by atoms with Gasteiger partial charge in [-0.25, -0.2) is 4.79 Å². The molecule has 184 valence electrons. The summed E-state index contributed by atoms with van der Waals surface area (Å²) in [5.74, 6) is -2.16. The van der Waals surface area contributed by atoms with Crippen molar-refractivity contribution in [1.82, 2.24) is 0 Å². The van der Waals surface area contributed by atoms with Crippen LogP contribution in [0, 0.1) is 6.92 Å². The summed E-state index contributed by atoms with van der Waals surface area (Å²) < 4.78 is 10.2. The van der Waals surface area contributed by atoms with Crippen LogP contribution in [-0.2, 0) is 20.7 Å². The number of ketones is 1. The maximum atomic E-state index is 13.4. The Kier molecular flexibility index (Phi) is 6.92. The van der Waals surface area contributed by atoms with Gasteiger partial charge in [-0.15, -0.1) is 0 Å². The van der Waals surface area contributed by atoms with E-state index in [1.165, 1.54) is 25.2 Å². The predicted molar refractivity (Wildman–Crippen MR) is 136 cm³/mol. The van der Waals surface area contributed by atoms with Crippen LogP contribution in [0.2, 0.25) is 0 Å². The fourth-order valence-electron chi connectivity index (χ4n) is 4.40. The molecule has 1 atom stereocenters. The van der Waals surface area contributed by atoms with Crippen LogP contribution in [0.5, 0.6) is 5.75 Å². The fourth-order valence-corrected chi connectivity index (χ4v) is 4.40. The van der Waals surface area contributed by atoms with E-state index in [0.29, 0.717) is 22.6 Å². The summed E-state index contributed by atoms with van der Waals surface area (Å²) in [5, 5.41) is 11.4. The van der Waals surface area contributed by atoms with Gasteiger partial charge in [-0.05, 0) is 54.8 Å². The molecule has 7 nitrogen and oxygen atoms in total. The van der Waals surface area contributed by atoms with Gasteiger partial charge in [0.25, 0.3) is 11.7 Å². The highest BCUT2D eigenvalue weighted by molar-refractivity contribution is 6.51. The van der Waals surface area contributed by atoms with Crippen molar-refractivity contribution in [1.29, 1.82) is 0 Å². The van der Waals surface area contributed by atoms with Gasteiger partial charge < -0.3 is 14.6 Å². The predicted octanol–water partition coefficient (Wildman–Crippen LogP) is 4.98. The Morgan fingerprint density at radius 3 is 2.36 bits per heavy atom. The molecule has 1 saturated heterocycles. The summed E-state index contributed by atoms with van der Waals surface area (Å²) in [6.45, 7) is 3.89. The van der Waals surface area contributed by atoms with E-state index in [1.807, 2.05) is 44.2 Å². The van der Waals surface area contributed by atoms with Crippen molar-refractivity contribution in [2.75, 3.05) is 19.1 Å². The van der Waals surface area contributed by atoms with Gasteiger partial charge >= 0.3 is 5.97 Å². The molecular weight excluding hydrogens is 458 g/mol. The highest BCUT2D eigenvalue weighted by atomic mass is 16.5. The Hall–Kier alpha value is -4.39. The number of carbonyl (C=O) groups excluding carboxylic acids is 3. The number of ether oxygens (including phenoxy) is 2. The third-order valence-corrected chi connectivity index (χ3v) is 6.30. The normalized spacial score (nSPS) is 16.8. The number of rotatable bonds is 6. The molecule has 1 heterocycles. The summed E-state index contributed by atoms with van der Waals surface area (Å²) in [4.78, 5) is 40.3. The van der Waals surface area contributed by atoms with Crippen LogP contribution >= 0.6 is 0 Å². The number of methoxy groups -OCH3 is 2. The van der Waals surface area contributed by atoms with E-state index in [1.54, 1.807) is 30.3 Å². The quantitative estimate of drug-likeness (QED) is 0.229. The number of Topliss-reactive ketones (excluding diaryl/α,β-unsaturated/α-hetero) is 1. The largest absolute Gasteiger partial charge is 0.507 e. The number of hydrogen-bond acceptors (Lipinski definition) is 6.